The minimum Gasteiger partial charge on any atom is -0.480 e. The number of sulfonamides is 1. The molecular weight excluding hydrogens is 222 g/mol. The fraction of sp³-hybridized carbons (Fsp3) is 0.429. The van der Waals surface area contributed by atoms with Gasteiger partial charge in [0.25, 0.3) is 10.0 Å². The highest BCUT2D eigenvalue weighted by atomic mass is 32.2. The second kappa shape index (κ2) is 4.41. The van der Waals surface area contributed by atoms with E-state index in [-0.39, 0.29) is 11.4 Å². The second-order valence-corrected chi connectivity index (χ2v) is 4.52. The SMILES string of the molecule is CC[C@H](NS(=O)(=O)c1cnc[nH]1)C(=O)O. The number of aromatic nitrogens is 2. The van der Waals surface area contributed by atoms with Crippen LogP contribution in [0.25, 0.3) is 0 Å². The lowest BCUT2D eigenvalue weighted by molar-refractivity contribution is -0.139. The molecule has 0 aromatic carbocycles. The van der Waals surface area contributed by atoms with Crippen molar-refractivity contribution in [3.05, 3.63) is 12.5 Å². The van der Waals surface area contributed by atoms with Gasteiger partial charge < -0.3 is 10.1 Å². The largest absolute Gasteiger partial charge is 0.480 e. The lowest BCUT2D eigenvalue weighted by atomic mass is 10.2. The van der Waals surface area contributed by atoms with E-state index in [9.17, 15) is 13.2 Å². The summed E-state index contributed by atoms with van der Waals surface area (Å²) in [4.78, 5) is 16.6. The van der Waals surface area contributed by atoms with Crippen LogP contribution in [0, 0.1) is 0 Å². The van der Waals surface area contributed by atoms with Crippen molar-refractivity contribution in [3.8, 4) is 0 Å². The van der Waals surface area contributed by atoms with Gasteiger partial charge in [-0.1, -0.05) is 6.92 Å². The summed E-state index contributed by atoms with van der Waals surface area (Å²) in [7, 11) is -3.82. The minimum absolute atomic E-state index is 0.151. The third-order valence-electron chi connectivity index (χ3n) is 1.77. The maximum Gasteiger partial charge on any atom is 0.321 e. The topological polar surface area (TPSA) is 112 Å². The monoisotopic (exact) mass is 233 g/mol. The highest BCUT2D eigenvalue weighted by molar-refractivity contribution is 7.89. The number of hydrogen-bond donors (Lipinski definition) is 3. The van der Waals surface area contributed by atoms with Crippen LogP contribution in [0.4, 0.5) is 0 Å². The normalized spacial score (nSPS) is 13.7. The zero-order chi connectivity index (χ0) is 11.5. The molecule has 0 aliphatic rings. The summed E-state index contributed by atoms with van der Waals surface area (Å²) < 4.78 is 25.1. The summed E-state index contributed by atoms with van der Waals surface area (Å²) in [6.07, 6.45) is 2.48. The molecule has 0 aliphatic heterocycles. The van der Waals surface area contributed by atoms with Crippen molar-refractivity contribution in [1.82, 2.24) is 14.7 Å². The molecule has 1 aromatic heterocycles. The van der Waals surface area contributed by atoms with Crippen LogP contribution in [0.15, 0.2) is 17.6 Å². The van der Waals surface area contributed by atoms with E-state index in [0.29, 0.717) is 0 Å². The number of hydrogen-bond acceptors (Lipinski definition) is 4. The molecule has 0 saturated heterocycles. The first-order chi connectivity index (χ1) is 6.97. The van der Waals surface area contributed by atoms with Crippen molar-refractivity contribution in [2.45, 2.75) is 24.4 Å². The van der Waals surface area contributed by atoms with Gasteiger partial charge in [0.1, 0.15) is 6.04 Å². The summed E-state index contributed by atoms with van der Waals surface area (Å²) in [5, 5.41) is 8.53. The third kappa shape index (κ3) is 2.77. The molecule has 1 rings (SSSR count). The van der Waals surface area contributed by atoms with E-state index in [2.05, 4.69) is 9.97 Å². The Hall–Kier alpha value is -1.41. The number of carboxylic acids is 1. The molecule has 7 nitrogen and oxygen atoms in total. The Kier molecular flexibility index (Phi) is 3.43. The van der Waals surface area contributed by atoms with Crippen LogP contribution in [0.1, 0.15) is 13.3 Å². The molecule has 1 aromatic rings. The average Bonchev–Trinajstić information content (AvgIpc) is 2.67. The third-order valence-corrected chi connectivity index (χ3v) is 3.16. The molecule has 0 fully saturated rings. The predicted molar refractivity (Wildman–Crippen MR) is 50.6 cm³/mol. The fourth-order valence-electron chi connectivity index (χ4n) is 0.949. The summed E-state index contributed by atoms with van der Waals surface area (Å²) >= 11 is 0. The summed E-state index contributed by atoms with van der Waals surface area (Å²) in [5.41, 5.74) is 0. The summed E-state index contributed by atoms with van der Waals surface area (Å²) in [6, 6.07) is -1.13. The van der Waals surface area contributed by atoms with E-state index in [4.69, 9.17) is 5.11 Å². The first kappa shape index (κ1) is 11.7. The van der Waals surface area contributed by atoms with Crippen molar-refractivity contribution >= 4 is 16.0 Å². The average molecular weight is 233 g/mol. The quantitative estimate of drug-likeness (QED) is 0.637. The Morgan fingerprint density at radius 2 is 2.40 bits per heavy atom. The Bertz CT molecular complexity index is 425. The Morgan fingerprint density at radius 1 is 1.73 bits per heavy atom. The van der Waals surface area contributed by atoms with E-state index in [1.807, 2.05) is 4.72 Å². The fourth-order valence-corrected chi connectivity index (χ4v) is 2.13. The molecule has 0 unspecified atom stereocenters. The van der Waals surface area contributed by atoms with Crippen molar-refractivity contribution in [2.24, 2.45) is 0 Å². The lowest BCUT2D eigenvalue weighted by Crippen LogP contribution is -2.40. The van der Waals surface area contributed by atoms with Crippen LogP contribution < -0.4 is 4.72 Å². The van der Waals surface area contributed by atoms with Crippen molar-refractivity contribution < 1.29 is 18.3 Å². The predicted octanol–water partition coefficient (Wildman–Crippen LogP) is -0.449. The molecule has 0 radical (unpaired) electrons. The van der Waals surface area contributed by atoms with Gasteiger partial charge >= 0.3 is 5.97 Å². The van der Waals surface area contributed by atoms with Gasteiger partial charge in [0.05, 0.1) is 12.5 Å². The van der Waals surface area contributed by atoms with Crippen LogP contribution in [0.2, 0.25) is 0 Å². The first-order valence-corrected chi connectivity index (χ1v) is 5.69. The van der Waals surface area contributed by atoms with E-state index in [0.717, 1.165) is 6.20 Å². The number of aromatic amines is 1. The smallest absolute Gasteiger partial charge is 0.321 e. The number of nitrogens with one attached hydrogen (secondary N) is 2. The maximum atomic E-state index is 11.5. The number of carbonyl (C=O) groups is 1. The van der Waals surface area contributed by atoms with Crippen molar-refractivity contribution in [2.75, 3.05) is 0 Å². The van der Waals surface area contributed by atoms with Crippen LogP contribution >= 0.6 is 0 Å². The summed E-state index contributed by atoms with van der Waals surface area (Å²) in [6.45, 7) is 1.58. The number of aliphatic carboxylic acids is 1. The van der Waals surface area contributed by atoms with Gasteiger partial charge in [0, 0.05) is 0 Å². The van der Waals surface area contributed by atoms with E-state index >= 15 is 0 Å². The highest BCUT2D eigenvalue weighted by Gasteiger charge is 2.24. The van der Waals surface area contributed by atoms with E-state index < -0.39 is 22.0 Å². The maximum absolute atomic E-state index is 11.5. The number of H-pyrrole nitrogens is 1. The number of imidazole rings is 1. The minimum atomic E-state index is -3.82. The standard InChI is InChI=1S/C7H11N3O4S/c1-2-5(7(11)12)10-15(13,14)6-3-8-4-9-6/h3-5,10H,2H2,1H3,(H,8,9)(H,11,12)/t5-/m0/s1. The molecule has 0 saturated carbocycles. The Labute approximate surface area is 86.6 Å². The van der Waals surface area contributed by atoms with Gasteiger partial charge in [-0.3, -0.25) is 4.79 Å². The number of carboxylic acid groups (broad SMARTS) is 1. The molecule has 0 bridgehead atoms. The van der Waals surface area contributed by atoms with E-state index in [1.54, 1.807) is 6.92 Å². The van der Waals surface area contributed by atoms with Gasteiger partial charge in [-0.2, -0.15) is 4.72 Å². The Balaban J connectivity index is 2.86. The van der Waals surface area contributed by atoms with Gasteiger partial charge in [-0.15, -0.1) is 0 Å². The molecular formula is C7H11N3O4S. The zero-order valence-corrected chi connectivity index (χ0v) is 8.78. The molecule has 8 heteroatoms. The molecule has 84 valence electrons. The van der Waals surface area contributed by atoms with Gasteiger partial charge in [0.2, 0.25) is 0 Å². The van der Waals surface area contributed by atoms with Crippen LogP contribution in [-0.4, -0.2) is 35.5 Å². The zero-order valence-electron chi connectivity index (χ0n) is 7.97. The van der Waals surface area contributed by atoms with Gasteiger partial charge in [-0.05, 0) is 6.42 Å². The number of nitrogens with zero attached hydrogens (tertiary/aromatic N) is 1. The molecule has 1 atom stereocenters. The van der Waals surface area contributed by atoms with E-state index in [1.165, 1.54) is 6.33 Å². The van der Waals surface area contributed by atoms with Crippen LogP contribution in [0.5, 0.6) is 0 Å². The molecule has 1 heterocycles. The molecule has 15 heavy (non-hydrogen) atoms. The molecule has 0 spiro atoms. The Morgan fingerprint density at radius 3 is 2.80 bits per heavy atom. The second-order valence-electron chi connectivity index (χ2n) is 2.84. The van der Waals surface area contributed by atoms with Gasteiger partial charge in [0.15, 0.2) is 5.03 Å². The van der Waals surface area contributed by atoms with Crippen molar-refractivity contribution in [3.63, 3.8) is 0 Å². The van der Waals surface area contributed by atoms with Gasteiger partial charge in [-0.25, -0.2) is 13.4 Å². The van der Waals surface area contributed by atoms with Crippen molar-refractivity contribution in [1.29, 1.82) is 0 Å². The first-order valence-electron chi connectivity index (χ1n) is 4.21. The lowest BCUT2D eigenvalue weighted by Gasteiger charge is -2.10. The highest BCUT2D eigenvalue weighted by Crippen LogP contribution is 2.04. The molecule has 0 amide bonds. The molecule has 0 aliphatic carbocycles. The van der Waals surface area contributed by atoms with Crippen LogP contribution in [0.3, 0.4) is 0 Å². The number of rotatable bonds is 5. The van der Waals surface area contributed by atoms with Crippen LogP contribution in [-0.2, 0) is 14.8 Å². The molecule has 3 N–H and O–H groups in total. The summed E-state index contributed by atoms with van der Waals surface area (Å²) in [5.74, 6) is -1.21.